The minimum atomic E-state index is -3.27. The number of hydrogen-bond acceptors (Lipinski definition) is 3. The Morgan fingerprint density at radius 2 is 2.05 bits per heavy atom. The van der Waals surface area contributed by atoms with E-state index in [9.17, 15) is 8.42 Å². The first kappa shape index (κ1) is 17.2. The molecule has 21 heavy (non-hydrogen) atoms. The van der Waals surface area contributed by atoms with Crippen LogP contribution in [-0.2, 0) is 10.2 Å². The van der Waals surface area contributed by atoms with Crippen molar-refractivity contribution in [3.63, 3.8) is 0 Å². The second-order valence-electron chi connectivity index (χ2n) is 7.19. The summed E-state index contributed by atoms with van der Waals surface area (Å²) in [6.07, 6.45) is 3.26. The van der Waals surface area contributed by atoms with Crippen molar-refractivity contribution in [1.29, 1.82) is 0 Å². The summed E-state index contributed by atoms with van der Waals surface area (Å²) in [5.41, 5.74) is 0. The van der Waals surface area contributed by atoms with Gasteiger partial charge in [0.2, 0.25) is 0 Å². The molecule has 6 heteroatoms. The summed E-state index contributed by atoms with van der Waals surface area (Å²) < 4.78 is 28.6. The molecule has 0 spiro atoms. The van der Waals surface area contributed by atoms with E-state index in [1.165, 1.54) is 6.42 Å². The van der Waals surface area contributed by atoms with Crippen molar-refractivity contribution < 1.29 is 8.42 Å². The molecule has 1 N–H and O–H groups in total. The molecular formula is C15H31N3O2S. The maximum Gasteiger partial charge on any atom is 0.281 e. The van der Waals surface area contributed by atoms with E-state index in [1.807, 2.05) is 0 Å². The van der Waals surface area contributed by atoms with Gasteiger partial charge in [-0.05, 0) is 43.6 Å². The van der Waals surface area contributed by atoms with Crippen LogP contribution in [0.3, 0.4) is 0 Å². The fourth-order valence-electron chi connectivity index (χ4n) is 3.08. The minimum Gasteiger partial charge on any atom is -0.314 e. The van der Waals surface area contributed by atoms with E-state index in [2.05, 4.69) is 26.1 Å². The summed E-state index contributed by atoms with van der Waals surface area (Å²) >= 11 is 0. The van der Waals surface area contributed by atoms with Crippen LogP contribution in [-0.4, -0.2) is 56.3 Å². The van der Waals surface area contributed by atoms with Crippen molar-refractivity contribution in [2.24, 2.45) is 17.8 Å². The molecule has 0 aromatic carbocycles. The molecule has 1 saturated carbocycles. The van der Waals surface area contributed by atoms with Gasteiger partial charge in [0.1, 0.15) is 0 Å². The quantitative estimate of drug-likeness (QED) is 0.775. The third kappa shape index (κ3) is 4.65. The third-order valence-corrected chi connectivity index (χ3v) is 6.71. The molecule has 0 bridgehead atoms. The lowest BCUT2D eigenvalue weighted by Crippen LogP contribution is -2.49. The highest BCUT2D eigenvalue weighted by Gasteiger charge is 2.38. The average molecular weight is 317 g/mol. The molecular weight excluding hydrogens is 286 g/mol. The number of nitrogens with one attached hydrogen (secondary N) is 1. The molecule has 0 aromatic heterocycles. The van der Waals surface area contributed by atoms with Crippen molar-refractivity contribution in [2.75, 3.05) is 33.2 Å². The summed E-state index contributed by atoms with van der Waals surface area (Å²) in [7, 11) is -1.54. The normalized spacial score (nSPS) is 31.0. The minimum absolute atomic E-state index is 0.434. The van der Waals surface area contributed by atoms with Crippen molar-refractivity contribution >= 4 is 10.2 Å². The topological polar surface area (TPSA) is 52.7 Å². The Morgan fingerprint density at radius 1 is 1.38 bits per heavy atom. The van der Waals surface area contributed by atoms with Crippen LogP contribution in [0.15, 0.2) is 0 Å². The van der Waals surface area contributed by atoms with Gasteiger partial charge in [-0.1, -0.05) is 20.8 Å². The fourth-order valence-corrected chi connectivity index (χ4v) is 4.61. The highest BCUT2D eigenvalue weighted by Crippen LogP contribution is 2.38. The van der Waals surface area contributed by atoms with Gasteiger partial charge >= 0.3 is 0 Å². The Morgan fingerprint density at radius 3 is 2.62 bits per heavy atom. The molecule has 1 saturated heterocycles. The van der Waals surface area contributed by atoms with E-state index in [0.29, 0.717) is 43.4 Å². The van der Waals surface area contributed by atoms with Gasteiger partial charge < -0.3 is 5.32 Å². The summed E-state index contributed by atoms with van der Waals surface area (Å²) in [5, 5.41) is 3.43. The predicted octanol–water partition coefficient (Wildman–Crippen LogP) is 1.53. The lowest BCUT2D eigenvalue weighted by molar-refractivity contribution is 0.242. The first-order valence-corrected chi connectivity index (χ1v) is 9.65. The largest absolute Gasteiger partial charge is 0.314 e. The van der Waals surface area contributed by atoms with E-state index in [4.69, 9.17) is 0 Å². The van der Waals surface area contributed by atoms with Crippen LogP contribution < -0.4 is 5.32 Å². The monoisotopic (exact) mass is 317 g/mol. The van der Waals surface area contributed by atoms with Crippen molar-refractivity contribution in [3.8, 4) is 0 Å². The molecule has 124 valence electrons. The number of piperidine rings is 1. The van der Waals surface area contributed by atoms with Crippen LogP contribution in [0.2, 0.25) is 0 Å². The van der Waals surface area contributed by atoms with Crippen molar-refractivity contribution in [2.45, 2.75) is 46.1 Å². The molecule has 0 aromatic rings. The molecule has 1 aliphatic heterocycles. The van der Waals surface area contributed by atoms with Gasteiger partial charge in [0, 0.05) is 32.7 Å². The maximum atomic E-state index is 12.7. The summed E-state index contributed by atoms with van der Waals surface area (Å²) in [5.74, 6) is 1.68. The summed E-state index contributed by atoms with van der Waals surface area (Å²) in [6.45, 7) is 9.36. The van der Waals surface area contributed by atoms with Crippen LogP contribution in [0.5, 0.6) is 0 Å². The summed E-state index contributed by atoms with van der Waals surface area (Å²) in [4.78, 5) is 0. The number of hydrogen-bond donors (Lipinski definition) is 1. The molecule has 2 rings (SSSR count). The molecule has 2 aliphatic rings. The van der Waals surface area contributed by atoms with Gasteiger partial charge in [0.15, 0.2) is 0 Å². The maximum absolute atomic E-state index is 12.7. The average Bonchev–Trinajstić information content (AvgIpc) is 3.12. The van der Waals surface area contributed by atoms with Crippen molar-refractivity contribution in [3.05, 3.63) is 0 Å². The second kappa shape index (κ2) is 6.94. The highest BCUT2D eigenvalue weighted by molar-refractivity contribution is 7.86. The van der Waals surface area contributed by atoms with Gasteiger partial charge in [-0.3, -0.25) is 0 Å². The van der Waals surface area contributed by atoms with E-state index < -0.39 is 10.2 Å². The van der Waals surface area contributed by atoms with Gasteiger partial charge in [-0.2, -0.15) is 17.0 Å². The smallest absolute Gasteiger partial charge is 0.281 e. The lowest BCUT2D eigenvalue weighted by Gasteiger charge is -2.34. The molecule has 3 atom stereocenters. The Balaban J connectivity index is 1.89. The van der Waals surface area contributed by atoms with E-state index in [0.717, 1.165) is 19.4 Å². The standard InChI is InChI=1S/C15H31N3O2S/c1-12(2)16-9-14-6-5-7-18(10-14)21(19,20)17(4)11-15-8-13(15)3/h12-16H,5-11H2,1-4H3. The Labute approximate surface area is 130 Å². The zero-order chi connectivity index (χ0) is 15.6. The third-order valence-electron chi connectivity index (χ3n) is 4.78. The van der Waals surface area contributed by atoms with Crippen molar-refractivity contribution in [1.82, 2.24) is 13.9 Å². The molecule has 0 amide bonds. The SMILES string of the molecule is CC(C)NCC1CCCN(S(=O)(=O)N(C)CC2CC2C)C1. The van der Waals surface area contributed by atoms with Crippen LogP contribution in [0, 0.1) is 17.8 Å². The van der Waals surface area contributed by atoms with Gasteiger partial charge in [-0.15, -0.1) is 0 Å². The van der Waals surface area contributed by atoms with Crippen LogP contribution in [0.1, 0.15) is 40.0 Å². The van der Waals surface area contributed by atoms with Gasteiger partial charge in [-0.25, -0.2) is 0 Å². The highest BCUT2D eigenvalue weighted by atomic mass is 32.2. The molecule has 1 heterocycles. The first-order chi connectivity index (χ1) is 9.80. The van der Waals surface area contributed by atoms with Crippen LogP contribution in [0.4, 0.5) is 0 Å². The number of nitrogens with zero attached hydrogens (tertiary/aromatic N) is 2. The fraction of sp³-hybridized carbons (Fsp3) is 1.00. The first-order valence-electron chi connectivity index (χ1n) is 8.25. The molecule has 3 unspecified atom stereocenters. The number of rotatable bonds is 7. The zero-order valence-corrected chi connectivity index (χ0v) is 14.7. The lowest BCUT2D eigenvalue weighted by atomic mass is 9.99. The molecule has 0 radical (unpaired) electrons. The molecule has 5 nitrogen and oxygen atoms in total. The van der Waals surface area contributed by atoms with E-state index in [1.54, 1.807) is 15.7 Å². The Hall–Kier alpha value is -0.170. The summed E-state index contributed by atoms with van der Waals surface area (Å²) in [6, 6.07) is 0.455. The Kier molecular flexibility index (Phi) is 5.68. The van der Waals surface area contributed by atoms with E-state index in [-0.39, 0.29) is 0 Å². The van der Waals surface area contributed by atoms with E-state index >= 15 is 0 Å². The van der Waals surface area contributed by atoms with Crippen LogP contribution in [0.25, 0.3) is 0 Å². The zero-order valence-electron chi connectivity index (χ0n) is 13.9. The van der Waals surface area contributed by atoms with Gasteiger partial charge in [0.25, 0.3) is 10.2 Å². The second-order valence-corrected chi connectivity index (χ2v) is 9.23. The Bertz CT molecular complexity index is 438. The van der Waals surface area contributed by atoms with Gasteiger partial charge in [0.05, 0.1) is 0 Å². The molecule has 2 fully saturated rings. The van der Waals surface area contributed by atoms with Crippen LogP contribution >= 0.6 is 0 Å². The molecule has 1 aliphatic carbocycles. The predicted molar refractivity (Wildman–Crippen MR) is 86.3 cm³/mol.